The van der Waals surface area contributed by atoms with E-state index in [4.69, 9.17) is 5.73 Å². The molecule has 3 amide bonds. The Hall–Kier alpha value is -2.57. The van der Waals surface area contributed by atoms with Crippen LogP contribution >= 0.6 is 0 Å². The molecule has 28 heavy (non-hydrogen) atoms. The first-order chi connectivity index (χ1) is 13.3. The number of carbonyl (C=O) groups is 3. The first kappa shape index (κ1) is 23.5. The van der Waals surface area contributed by atoms with Gasteiger partial charge < -0.3 is 21.5 Å². The molecule has 0 radical (unpaired) electrons. The normalized spacial score (nSPS) is 12.8. The summed E-state index contributed by atoms with van der Waals surface area (Å²) in [5.41, 5.74) is 6.30. The maximum absolute atomic E-state index is 12.2. The molecule has 0 fully saturated rings. The zero-order chi connectivity index (χ0) is 20.9. The fourth-order valence-corrected chi connectivity index (χ4v) is 2.82. The summed E-state index contributed by atoms with van der Waals surface area (Å²) in [5, 5.41) is 14.6. The second-order valence-electron chi connectivity index (χ2n) is 7.19. The molecule has 156 valence electrons. The van der Waals surface area contributed by atoms with Crippen LogP contribution in [-0.2, 0) is 14.4 Å². The van der Waals surface area contributed by atoms with Crippen LogP contribution in [0.2, 0.25) is 0 Å². The van der Waals surface area contributed by atoms with Gasteiger partial charge in [-0.15, -0.1) is 0 Å². The van der Waals surface area contributed by atoms with Gasteiger partial charge in [0.25, 0.3) is 0 Å². The minimum absolute atomic E-state index is 0.0364. The average Bonchev–Trinajstić information content (AvgIpc) is 2.66. The van der Waals surface area contributed by atoms with Crippen LogP contribution < -0.4 is 16.4 Å². The van der Waals surface area contributed by atoms with Crippen molar-refractivity contribution in [3.63, 3.8) is 0 Å². The molecular weight excluding hydrogens is 358 g/mol. The van der Waals surface area contributed by atoms with Crippen molar-refractivity contribution in [1.29, 1.82) is 0 Å². The molecule has 7 heteroatoms. The van der Waals surface area contributed by atoms with Crippen LogP contribution in [0.5, 0.6) is 5.75 Å². The van der Waals surface area contributed by atoms with Gasteiger partial charge in [-0.25, -0.2) is 0 Å². The summed E-state index contributed by atoms with van der Waals surface area (Å²) in [4.78, 5) is 35.7. The number of nitrogens with one attached hydrogen (secondary N) is 2. The topological polar surface area (TPSA) is 122 Å². The standard InChI is InChI=1S/C21H33N3O4/c1-3-4-5-6-7-8-19(26)24-18(21(22)28)13-20(27)23-14-15(2)16-9-11-17(25)12-10-16/h9-12,15,18,25H,3-8,13-14H2,1-2H3,(H2,22,28)(H,23,27)(H,24,26)/t15-,18-/m1/s1. The van der Waals surface area contributed by atoms with Crippen LogP contribution in [0.3, 0.4) is 0 Å². The SMILES string of the molecule is CCCCCCCC(=O)N[C@H](CC(=O)NC[C@@H](C)c1ccc(O)cc1)C(N)=O. The van der Waals surface area contributed by atoms with Gasteiger partial charge >= 0.3 is 0 Å². The van der Waals surface area contributed by atoms with E-state index in [0.717, 1.165) is 37.7 Å². The Labute approximate surface area is 167 Å². The molecule has 1 rings (SSSR count). The van der Waals surface area contributed by atoms with Gasteiger partial charge in [-0.05, 0) is 30.0 Å². The lowest BCUT2D eigenvalue weighted by Gasteiger charge is -2.17. The lowest BCUT2D eigenvalue weighted by atomic mass is 10.0. The van der Waals surface area contributed by atoms with Crippen molar-refractivity contribution < 1.29 is 19.5 Å². The summed E-state index contributed by atoms with van der Waals surface area (Å²) >= 11 is 0. The molecule has 0 unspecified atom stereocenters. The number of hydrogen-bond acceptors (Lipinski definition) is 4. The number of phenolic OH excluding ortho intramolecular Hbond substituents is 1. The summed E-state index contributed by atoms with van der Waals surface area (Å²) in [5.74, 6) is -1.11. The van der Waals surface area contributed by atoms with Gasteiger partial charge in [0.2, 0.25) is 17.7 Å². The maximum atomic E-state index is 12.2. The predicted molar refractivity (Wildman–Crippen MR) is 109 cm³/mol. The fraction of sp³-hybridized carbons (Fsp3) is 0.571. The number of rotatable bonds is 13. The molecule has 0 aliphatic carbocycles. The lowest BCUT2D eigenvalue weighted by Crippen LogP contribution is -2.47. The summed E-state index contributed by atoms with van der Waals surface area (Å²) in [7, 11) is 0. The highest BCUT2D eigenvalue weighted by molar-refractivity contribution is 5.91. The monoisotopic (exact) mass is 391 g/mol. The number of phenols is 1. The van der Waals surface area contributed by atoms with Crippen LogP contribution in [0.1, 0.15) is 70.3 Å². The molecule has 0 aliphatic heterocycles. The molecule has 7 nitrogen and oxygen atoms in total. The smallest absolute Gasteiger partial charge is 0.240 e. The molecule has 0 saturated carbocycles. The van der Waals surface area contributed by atoms with Gasteiger partial charge in [0.1, 0.15) is 11.8 Å². The van der Waals surface area contributed by atoms with Crippen molar-refractivity contribution in [2.24, 2.45) is 5.73 Å². The minimum Gasteiger partial charge on any atom is -0.508 e. The van der Waals surface area contributed by atoms with Crippen molar-refractivity contribution in [3.05, 3.63) is 29.8 Å². The fourth-order valence-electron chi connectivity index (χ4n) is 2.82. The number of aromatic hydroxyl groups is 1. The molecular formula is C21H33N3O4. The Kier molecular flexibility index (Phi) is 10.7. The van der Waals surface area contributed by atoms with Gasteiger partial charge in [-0.1, -0.05) is 51.7 Å². The Bertz CT molecular complexity index is 631. The van der Waals surface area contributed by atoms with Crippen LogP contribution in [0, 0.1) is 0 Å². The first-order valence-electron chi connectivity index (χ1n) is 9.97. The minimum atomic E-state index is -1.01. The van der Waals surface area contributed by atoms with E-state index in [9.17, 15) is 19.5 Å². The van der Waals surface area contributed by atoms with E-state index in [0.29, 0.717) is 13.0 Å². The van der Waals surface area contributed by atoms with E-state index in [1.54, 1.807) is 24.3 Å². The third-order valence-corrected chi connectivity index (χ3v) is 4.64. The van der Waals surface area contributed by atoms with Gasteiger partial charge in [-0.2, -0.15) is 0 Å². The van der Waals surface area contributed by atoms with Crippen molar-refractivity contribution in [3.8, 4) is 5.75 Å². The van der Waals surface area contributed by atoms with Gasteiger partial charge in [0, 0.05) is 13.0 Å². The number of primary amides is 1. The van der Waals surface area contributed by atoms with Gasteiger partial charge in [-0.3, -0.25) is 14.4 Å². The summed E-state index contributed by atoms with van der Waals surface area (Å²) in [6.45, 7) is 4.44. The zero-order valence-electron chi connectivity index (χ0n) is 16.9. The molecule has 5 N–H and O–H groups in total. The second kappa shape index (κ2) is 12.8. The largest absolute Gasteiger partial charge is 0.508 e. The molecule has 2 atom stereocenters. The molecule has 1 aromatic rings. The number of benzene rings is 1. The van der Waals surface area contributed by atoms with Crippen molar-refractivity contribution in [2.75, 3.05) is 6.54 Å². The lowest BCUT2D eigenvalue weighted by molar-refractivity contribution is -0.130. The maximum Gasteiger partial charge on any atom is 0.240 e. The van der Waals surface area contributed by atoms with Crippen LogP contribution in [-0.4, -0.2) is 35.4 Å². The summed E-state index contributed by atoms with van der Waals surface area (Å²) in [6.07, 6.45) is 5.24. The van der Waals surface area contributed by atoms with E-state index in [1.807, 2.05) is 6.92 Å². The third-order valence-electron chi connectivity index (χ3n) is 4.64. The Morgan fingerprint density at radius 3 is 2.29 bits per heavy atom. The predicted octanol–water partition coefficient (Wildman–Crippen LogP) is 2.33. The first-order valence-corrected chi connectivity index (χ1v) is 9.97. The number of carbonyl (C=O) groups excluding carboxylic acids is 3. The van der Waals surface area contributed by atoms with E-state index in [-0.39, 0.29) is 29.9 Å². The highest BCUT2D eigenvalue weighted by Crippen LogP contribution is 2.17. The molecule has 0 saturated heterocycles. The van der Waals surface area contributed by atoms with Gasteiger partial charge in [0.05, 0.1) is 6.42 Å². The van der Waals surface area contributed by atoms with Crippen LogP contribution in [0.15, 0.2) is 24.3 Å². The number of nitrogens with two attached hydrogens (primary N) is 1. The molecule has 1 aromatic carbocycles. The number of unbranched alkanes of at least 4 members (excludes halogenated alkanes) is 4. The quantitative estimate of drug-likeness (QED) is 0.386. The Morgan fingerprint density at radius 2 is 1.68 bits per heavy atom. The highest BCUT2D eigenvalue weighted by Gasteiger charge is 2.21. The average molecular weight is 392 g/mol. The van der Waals surface area contributed by atoms with E-state index in [2.05, 4.69) is 17.6 Å². The molecule has 0 aromatic heterocycles. The van der Waals surface area contributed by atoms with Crippen LogP contribution in [0.4, 0.5) is 0 Å². The van der Waals surface area contributed by atoms with Crippen molar-refractivity contribution in [2.45, 2.75) is 70.8 Å². The Morgan fingerprint density at radius 1 is 1.04 bits per heavy atom. The Balaban J connectivity index is 2.39. The highest BCUT2D eigenvalue weighted by atomic mass is 16.3. The van der Waals surface area contributed by atoms with Crippen molar-refractivity contribution in [1.82, 2.24) is 10.6 Å². The molecule has 0 spiro atoms. The van der Waals surface area contributed by atoms with E-state index < -0.39 is 11.9 Å². The van der Waals surface area contributed by atoms with E-state index in [1.165, 1.54) is 0 Å². The number of hydrogen-bond donors (Lipinski definition) is 4. The zero-order valence-corrected chi connectivity index (χ0v) is 16.9. The number of amides is 3. The van der Waals surface area contributed by atoms with Gasteiger partial charge in [0.15, 0.2) is 0 Å². The second-order valence-corrected chi connectivity index (χ2v) is 7.19. The van der Waals surface area contributed by atoms with Crippen LogP contribution in [0.25, 0.3) is 0 Å². The van der Waals surface area contributed by atoms with Crippen molar-refractivity contribution >= 4 is 17.7 Å². The van der Waals surface area contributed by atoms with E-state index >= 15 is 0 Å². The third kappa shape index (κ3) is 9.39. The molecule has 0 bridgehead atoms. The molecule has 0 aliphatic rings. The summed E-state index contributed by atoms with van der Waals surface area (Å²) < 4.78 is 0. The summed E-state index contributed by atoms with van der Waals surface area (Å²) in [6, 6.07) is 5.76. The molecule has 0 heterocycles.